The molecule has 0 saturated heterocycles. The Morgan fingerprint density at radius 2 is 0.836 bits per heavy atom. The molecule has 9 aromatic carbocycles. The normalized spacial score (nSPS) is 12.4. The minimum absolute atomic E-state index is 0.447. The molecule has 55 heavy (non-hydrogen) atoms. The van der Waals surface area contributed by atoms with Gasteiger partial charge in [-0.2, -0.15) is 0 Å². The van der Waals surface area contributed by atoms with Crippen LogP contribution in [0.15, 0.2) is 195 Å². The number of hydrogen-bond donors (Lipinski definition) is 0. The van der Waals surface area contributed by atoms with Crippen LogP contribution in [0.3, 0.4) is 0 Å². The van der Waals surface area contributed by atoms with Crippen molar-refractivity contribution in [3.63, 3.8) is 0 Å². The van der Waals surface area contributed by atoms with Gasteiger partial charge in [0.2, 0.25) is 0 Å². The second-order valence-electron chi connectivity index (χ2n) is 14.0. The van der Waals surface area contributed by atoms with Crippen LogP contribution in [-0.4, -0.2) is 4.22 Å². The lowest BCUT2D eigenvalue weighted by Crippen LogP contribution is -1.89. The van der Waals surface area contributed by atoms with Gasteiger partial charge in [0.05, 0.1) is 9.91 Å². The number of fused-ring (bicyclic) bond motifs is 9. The Kier molecular flexibility index (Phi) is 7.62. The lowest BCUT2D eigenvalue weighted by atomic mass is 9.89. The Morgan fingerprint density at radius 3 is 1.51 bits per heavy atom. The highest BCUT2D eigenvalue weighted by Crippen LogP contribution is 2.49. The Morgan fingerprint density at radius 1 is 0.327 bits per heavy atom. The topological polar surface area (TPSA) is 37.9 Å². The van der Waals surface area contributed by atoms with Crippen LogP contribution < -0.4 is 0 Å². The van der Waals surface area contributed by atoms with Crippen molar-refractivity contribution in [2.24, 2.45) is 8.14 Å². The fraction of sp³-hybridized carbons (Fsp3) is 0. The Bertz CT molecular complexity index is 3180. The number of aliphatic imine (C=N–C) groups is 1. The van der Waals surface area contributed by atoms with Crippen molar-refractivity contribution < 1.29 is 4.42 Å². The van der Waals surface area contributed by atoms with E-state index in [1.54, 1.807) is 0 Å². The molecule has 0 N–H and O–H groups in total. The summed E-state index contributed by atoms with van der Waals surface area (Å²) in [5, 5.41) is 6.90. The Balaban J connectivity index is 1.18. The first-order valence-corrected chi connectivity index (χ1v) is 20.6. The third kappa shape index (κ3) is 5.36. The lowest BCUT2D eigenvalue weighted by Gasteiger charge is -2.16. The average Bonchev–Trinajstić information content (AvgIpc) is 3.65. The summed E-state index contributed by atoms with van der Waals surface area (Å²) in [5.41, 5.74) is 15.2. The van der Waals surface area contributed by atoms with Crippen molar-refractivity contribution in [1.82, 2.24) is 0 Å². The zero-order valence-electron chi connectivity index (χ0n) is 29.6. The van der Waals surface area contributed by atoms with Crippen LogP contribution in [0.5, 0.6) is 0 Å². The summed E-state index contributed by atoms with van der Waals surface area (Å²) >= 11 is -0.447. The molecule has 1 aromatic heterocycles. The molecule has 0 atom stereocenters. The summed E-state index contributed by atoms with van der Waals surface area (Å²) in [5.74, 6) is 0. The fourth-order valence-corrected chi connectivity index (χ4v) is 9.56. The minimum atomic E-state index is -0.447. The molecule has 4 heteroatoms. The van der Waals surface area contributed by atoms with Gasteiger partial charge in [-0.05, 0) is 85.6 Å². The summed E-state index contributed by atoms with van der Waals surface area (Å²) in [7, 11) is 0. The van der Waals surface area contributed by atoms with E-state index < -0.39 is 21.0 Å². The van der Waals surface area contributed by atoms with Crippen molar-refractivity contribution in [2.45, 2.75) is 0 Å². The third-order valence-electron chi connectivity index (χ3n) is 10.8. The van der Waals surface area contributed by atoms with Crippen LogP contribution in [0.4, 0.5) is 11.4 Å². The SMILES string of the molecule is C1=Nc2c(c3ccc(-c4ccccc4-c4cc(-c5ccccc5)c5oc6c(-c7ccccc7)cc(-c7ccccc7)cc6c5c4)cc3c3ccccc23)N=I1. The van der Waals surface area contributed by atoms with Crippen molar-refractivity contribution in [2.75, 3.05) is 0 Å². The molecule has 0 aliphatic carbocycles. The van der Waals surface area contributed by atoms with Crippen LogP contribution in [0.2, 0.25) is 0 Å². The number of nitrogens with zero attached hydrogens (tertiary/aromatic N) is 2. The molecule has 258 valence electrons. The van der Waals surface area contributed by atoms with E-state index >= 15 is 0 Å². The van der Waals surface area contributed by atoms with Crippen molar-refractivity contribution in [3.05, 3.63) is 182 Å². The predicted molar refractivity (Wildman–Crippen MR) is 240 cm³/mol. The van der Waals surface area contributed by atoms with Gasteiger partial charge in [-0.15, -0.1) is 0 Å². The number of furan rings is 1. The first-order valence-electron chi connectivity index (χ1n) is 18.4. The number of benzene rings is 9. The van der Waals surface area contributed by atoms with Gasteiger partial charge in [0.25, 0.3) is 0 Å². The molecular weight excluding hydrogens is 783 g/mol. The van der Waals surface area contributed by atoms with Crippen LogP contribution in [0.1, 0.15) is 0 Å². The van der Waals surface area contributed by atoms with Gasteiger partial charge in [-0.25, -0.2) is 8.14 Å². The van der Waals surface area contributed by atoms with Gasteiger partial charge in [-0.3, -0.25) is 0 Å². The second kappa shape index (κ2) is 13.1. The largest absolute Gasteiger partial charge is 0.455 e. The smallest absolute Gasteiger partial charge is 0.143 e. The summed E-state index contributed by atoms with van der Waals surface area (Å²) in [4.78, 5) is 4.85. The molecule has 2 heterocycles. The zero-order valence-corrected chi connectivity index (χ0v) is 31.7. The fourth-order valence-electron chi connectivity index (χ4n) is 8.26. The highest BCUT2D eigenvalue weighted by Gasteiger charge is 2.21. The molecule has 1 aliphatic rings. The van der Waals surface area contributed by atoms with Gasteiger partial charge < -0.3 is 4.42 Å². The molecule has 0 amide bonds. The van der Waals surface area contributed by atoms with E-state index in [9.17, 15) is 0 Å². The van der Waals surface area contributed by atoms with Crippen LogP contribution in [0, 0.1) is 0 Å². The van der Waals surface area contributed by atoms with E-state index in [1.807, 2.05) is 4.22 Å². The maximum absolute atomic E-state index is 7.04. The number of rotatable bonds is 5. The van der Waals surface area contributed by atoms with Crippen molar-refractivity contribution in [3.8, 4) is 55.6 Å². The summed E-state index contributed by atoms with van der Waals surface area (Å²) in [6.45, 7) is 0. The highest BCUT2D eigenvalue weighted by molar-refractivity contribution is 14.2. The zero-order chi connectivity index (χ0) is 36.3. The number of hydrogen-bond acceptors (Lipinski definition) is 3. The lowest BCUT2D eigenvalue weighted by molar-refractivity contribution is 0.671. The van der Waals surface area contributed by atoms with Gasteiger partial charge in [0.1, 0.15) is 16.9 Å². The first kappa shape index (κ1) is 32.0. The second-order valence-corrected chi connectivity index (χ2v) is 15.6. The minimum Gasteiger partial charge on any atom is -0.455 e. The third-order valence-corrected chi connectivity index (χ3v) is 12.1. The van der Waals surface area contributed by atoms with Gasteiger partial charge in [0, 0.05) is 53.7 Å². The van der Waals surface area contributed by atoms with E-state index in [4.69, 9.17) is 12.6 Å². The van der Waals surface area contributed by atoms with Gasteiger partial charge >= 0.3 is 0 Å². The summed E-state index contributed by atoms with van der Waals surface area (Å²) < 4.78 is 14.1. The molecule has 0 spiro atoms. The van der Waals surface area contributed by atoms with E-state index in [2.05, 4.69) is 182 Å². The molecule has 10 aromatic rings. The molecular formula is C51H31IN2O. The molecule has 0 saturated carbocycles. The molecule has 0 unspecified atom stereocenters. The number of halogens is 1. The molecule has 1 aliphatic heterocycles. The van der Waals surface area contributed by atoms with Crippen LogP contribution in [0.25, 0.3) is 99.1 Å². The highest BCUT2D eigenvalue weighted by atomic mass is 127. The van der Waals surface area contributed by atoms with E-state index in [-0.39, 0.29) is 0 Å². The maximum Gasteiger partial charge on any atom is 0.143 e. The quantitative estimate of drug-likeness (QED) is 0.126. The van der Waals surface area contributed by atoms with Gasteiger partial charge in [0.15, 0.2) is 0 Å². The van der Waals surface area contributed by atoms with Crippen LogP contribution >= 0.6 is 21.0 Å². The van der Waals surface area contributed by atoms with E-state index in [1.165, 1.54) is 33.0 Å². The standard InChI is InChI=1S/C51H31IN2O/c1-4-14-32(15-5-1)36-27-43(33-16-6-2-7-17-33)50-46(28-36)47-30-37(29-44(51(47)55-50)34-18-8-3-9-19-34)39-21-11-10-20-38(39)35-24-25-42-45(26-35)40-22-12-13-23-41(40)48-49(42)54-52-31-53-48/h1-31H. The Hall–Kier alpha value is -6.50. The molecule has 0 bridgehead atoms. The van der Waals surface area contributed by atoms with Crippen LogP contribution in [-0.2, 0) is 0 Å². The van der Waals surface area contributed by atoms with Crippen molar-refractivity contribution >= 4 is 80.1 Å². The van der Waals surface area contributed by atoms with E-state index in [0.29, 0.717) is 0 Å². The Labute approximate surface area is 328 Å². The van der Waals surface area contributed by atoms with Crippen molar-refractivity contribution in [1.29, 1.82) is 0 Å². The summed E-state index contributed by atoms with van der Waals surface area (Å²) in [6.07, 6.45) is 0. The molecule has 0 radical (unpaired) electrons. The van der Waals surface area contributed by atoms with Gasteiger partial charge in [-0.1, -0.05) is 152 Å². The average molecular weight is 815 g/mol. The molecule has 0 fully saturated rings. The molecule has 11 rings (SSSR count). The summed E-state index contributed by atoms with van der Waals surface area (Å²) in [6, 6.07) is 65.3. The predicted octanol–water partition coefficient (Wildman–Crippen LogP) is 15.7. The van der Waals surface area contributed by atoms with E-state index in [0.717, 1.165) is 77.5 Å². The monoisotopic (exact) mass is 814 g/mol. The first-order chi connectivity index (χ1) is 27.3. The maximum atomic E-state index is 7.04. The molecule has 3 nitrogen and oxygen atoms in total.